The molecular weight excluding hydrogens is 366 g/mol. The fourth-order valence-electron chi connectivity index (χ4n) is 3.76. The molecule has 1 amide bonds. The molecule has 3 aromatic rings. The number of rotatable bonds is 5. The van der Waals surface area contributed by atoms with Gasteiger partial charge in [0.1, 0.15) is 0 Å². The molecule has 0 radical (unpaired) electrons. The molecule has 0 saturated heterocycles. The van der Waals surface area contributed by atoms with Crippen molar-refractivity contribution in [1.82, 2.24) is 9.78 Å². The normalized spacial score (nSPS) is 12.7. The van der Waals surface area contributed by atoms with Crippen molar-refractivity contribution in [2.24, 2.45) is 0 Å². The van der Waals surface area contributed by atoms with Crippen molar-refractivity contribution in [3.05, 3.63) is 77.1 Å². The molecule has 0 aliphatic carbocycles. The van der Waals surface area contributed by atoms with Crippen molar-refractivity contribution in [2.75, 3.05) is 18.1 Å². The van der Waals surface area contributed by atoms with Gasteiger partial charge < -0.3 is 9.64 Å². The maximum absolute atomic E-state index is 12.5. The van der Waals surface area contributed by atoms with Crippen molar-refractivity contribution >= 4 is 17.6 Å². The van der Waals surface area contributed by atoms with E-state index in [1.54, 1.807) is 4.90 Å². The number of aromatic nitrogens is 2. The van der Waals surface area contributed by atoms with E-state index in [0.29, 0.717) is 6.54 Å². The Hall–Kier alpha value is -3.41. The molecule has 148 valence electrons. The van der Waals surface area contributed by atoms with Crippen LogP contribution < -0.4 is 4.90 Å². The second-order valence-corrected chi connectivity index (χ2v) is 7.16. The molecule has 0 atom stereocenters. The maximum Gasteiger partial charge on any atom is 0.310 e. The van der Waals surface area contributed by atoms with Crippen LogP contribution >= 0.6 is 0 Å². The summed E-state index contributed by atoms with van der Waals surface area (Å²) >= 11 is 0. The van der Waals surface area contributed by atoms with Gasteiger partial charge in [-0.3, -0.25) is 9.59 Å². The van der Waals surface area contributed by atoms with Crippen LogP contribution in [0.2, 0.25) is 0 Å². The lowest BCUT2D eigenvalue weighted by Crippen LogP contribution is -2.33. The largest absolute Gasteiger partial charge is 0.455 e. The van der Waals surface area contributed by atoms with Crippen LogP contribution in [0.3, 0.4) is 0 Å². The van der Waals surface area contributed by atoms with E-state index >= 15 is 0 Å². The summed E-state index contributed by atoms with van der Waals surface area (Å²) < 4.78 is 7.12. The highest BCUT2D eigenvalue weighted by Gasteiger charge is 2.25. The molecule has 0 N–H and O–H groups in total. The predicted octanol–water partition coefficient (Wildman–Crippen LogP) is 3.16. The molecule has 6 nitrogen and oxygen atoms in total. The number of amides is 1. The molecule has 1 aliphatic heterocycles. The van der Waals surface area contributed by atoms with Crippen molar-refractivity contribution in [1.29, 1.82) is 0 Å². The predicted molar refractivity (Wildman–Crippen MR) is 110 cm³/mol. The van der Waals surface area contributed by atoms with Gasteiger partial charge in [-0.05, 0) is 44.0 Å². The number of hydrogen-bond donors (Lipinski definition) is 0. The van der Waals surface area contributed by atoms with Crippen LogP contribution in [-0.2, 0) is 27.2 Å². The highest BCUT2D eigenvalue weighted by molar-refractivity contribution is 5.97. The van der Waals surface area contributed by atoms with Gasteiger partial charge >= 0.3 is 5.97 Å². The molecule has 2 aromatic carbocycles. The highest BCUT2D eigenvalue weighted by Crippen LogP contribution is 2.27. The lowest BCUT2D eigenvalue weighted by molar-refractivity contribution is -0.147. The smallest absolute Gasteiger partial charge is 0.310 e. The summed E-state index contributed by atoms with van der Waals surface area (Å²) in [7, 11) is 0. The molecule has 29 heavy (non-hydrogen) atoms. The fourth-order valence-corrected chi connectivity index (χ4v) is 3.76. The summed E-state index contributed by atoms with van der Waals surface area (Å²) in [6.45, 7) is 4.18. The van der Waals surface area contributed by atoms with E-state index in [4.69, 9.17) is 4.74 Å². The Morgan fingerprint density at radius 1 is 1.03 bits per heavy atom. The van der Waals surface area contributed by atoms with Crippen LogP contribution in [0.1, 0.15) is 22.5 Å². The molecular formula is C23H23N3O3. The third kappa shape index (κ3) is 3.78. The Bertz CT molecular complexity index is 1060. The molecule has 2 heterocycles. The number of ether oxygens (including phenoxy) is 1. The number of esters is 1. The molecule has 6 heteroatoms. The van der Waals surface area contributed by atoms with Gasteiger partial charge in [-0.15, -0.1) is 0 Å². The van der Waals surface area contributed by atoms with Gasteiger partial charge in [0, 0.05) is 23.5 Å². The minimum absolute atomic E-state index is 0.0916. The Kier molecular flexibility index (Phi) is 5.16. The van der Waals surface area contributed by atoms with E-state index < -0.39 is 5.97 Å². The number of nitrogens with zero attached hydrogens (tertiary/aromatic N) is 3. The number of benzene rings is 2. The molecule has 1 aromatic heterocycles. The zero-order valence-corrected chi connectivity index (χ0v) is 16.6. The summed E-state index contributed by atoms with van der Waals surface area (Å²) in [4.78, 5) is 26.6. The number of hydrogen-bond acceptors (Lipinski definition) is 4. The van der Waals surface area contributed by atoms with Gasteiger partial charge in [0.05, 0.1) is 17.8 Å². The van der Waals surface area contributed by atoms with E-state index in [2.05, 4.69) is 5.10 Å². The first-order valence-electron chi connectivity index (χ1n) is 9.69. The average Bonchev–Trinajstić information content (AvgIpc) is 3.29. The Labute approximate surface area is 169 Å². The number of carbonyl (C=O) groups is 2. The SMILES string of the molecule is Cc1nn(-c2ccccc2)c(C)c1CC(=O)OCC(=O)N1CCc2ccccc21. The minimum atomic E-state index is -0.426. The standard InChI is InChI=1S/C23H23N3O3/c1-16-20(17(2)26(24-16)19-9-4-3-5-10-19)14-23(28)29-15-22(27)25-13-12-18-8-6-7-11-21(18)25/h3-11H,12-15H2,1-2H3. The second kappa shape index (κ2) is 7.91. The summed E-state index contributed by atoms with van der Waals surface area (Å²) in [5.74, 6) is -0.624. The summed E-state index contributed by atoms with van der Waals surface area (Å²) in [5, 5.41) is 4.55. The lowest BCUT2D eigenvalue weighted by Gasteiger charge is -2.17. The highest BCUT2D eigenvalue weighted by atomic mass is 16.5. The molecule has 1 aliphatic rings. The average molecular weight is 389 g/mol. The fraction of sp³-hybridized carbons (Fsp3) is 0.261. The zero-order valence-electron chi connectivity index (χ0n) is 16.6. The Morgan fingerprint density at radius 3 is 2.55 bits per heavy atom. The molecule has 0 saturated carbocycles. The number of para-hydroxylation sites is 2. The summed E-state index contributed by atoms with van der Waals surface area (Å²) in [6.07, 6.45) is 0.918. The molecule has 0 bridgehead atoms. The maximum atomic E-state index is 12.5. The summed E-state index contributed by atoms with van der Waals surface area (Å²) in [6, 6.07) is 17.6. The number of fused-ring (bicyclic) bond motifs is 1. The van der Waals surface area contributed by atoms with Gasteiger partial charge in [0.25, 0.3) is 5.91 Å². The number of anilines is 1. The van der Waals surface area contributed by atoms with E-state index in [9.17, 15) is 9.59 Å². The third-order valence-corrected chi connectivity index (χ3v) is 5.31. The Morgan fingerprint density at radius 2 is 1.76 bits per heavy atom. The van der Waals surface area contributed by atoms with E-state index in [0.717, 1.165) is 40.3 Å². The van der Waals surface area contributed by atoms with Crippen LogP contribution in [0.25, 0.3) is 5.69 Å². The third-order valence-electron chi connectivity index (χ3n) is 5.31. The van der Waals surface area contributed by atoms with Crippen LogP contribution in [-0.4, -0.2) is 34.8 Å². The van der Waals surface area contributed by atoms with Crippen LogP contribution in [0, 0.1) is 13.8 Å². The molecule has 0 fully saturated rings. The minimum Gasteiger partial charge on any atom is -0.455 e. The lowest BCUT2D eigenvalue weighted by atomic mass is 10.1. The summed E-state index contributed by atoms with van der Waals surface area (Å²) in [5.41, 5.74) is 5.50. The molecule has 0 spiro atoms. The van der Waals surface area contributed by atoms with Crippen molar-refractivity contribution in [3.8, 4) is 5.69 Å². The second-order valence-electron chi connectivity index (χ2n) is 7.16. The molecule has 0 unspecified atom stereocenters. The first-order valence-corrected chi connectivity index (χ1v) is 9.69. The topological polar surface area (TPSA) is 64.4 Å². The van der Waals surface area contributed by atoms with Crippen LogP contribution in [0.15, 0.2) is 54.6 Å². The van der Waals surface area contributed by atoms with Gasteiger partial charge in [0.2, 0.25) is 0 Å². The first kappa shape index (κ1) is 18.9. The van der Waals surface area contributed by atoms with Crippen molar-refractivity contribution in [3.63, 3.8) is 0 Å². The monoisotopic (exact) mass is 389 g/mol. The van der Waals surface area contributed by atoms with Gasteiger partial charge in [-0.1, -0.05) is 36.4 Å². The van der Waals surface area contributed by atoms with E-state index in [1.165, 1.54) is 0 Å². The molecule has 4 rings (SSSR count). The van der Waals surface area contributed by atoms with Crippen LogP contribution in [0.5, 0.6) is 0 Å². The van der Waals surface area contributed by atoms with Crippen molar-refractivity contribution < 1.29 is 14.3 Å². The first-order chi connectivity index (χ1) is 14.0. The van der Waals surface area contributed by atoms with Gasteiger partial charge in [-0.25, -0.2) is 4.68 Å². The van der Waals surface area contributed by atoms with E-state index in [1.807, 2.05) is 73.1 Å². The number of aryl methyl sites for hydroxylation is 1. The van der Waals surface area contributed by atoms with Gasteiger partial charge in [0.15, 0.2) is 6.61 Å². The van der Waals surface area contributed by atoms with Crippen molar-refractivity contribution in [2.45, 2.75) is 26.7 Å². The number of carbonyl (C=O) groups excluding carboxylic acids is 2. The Balaban J connectivity index is 1.40. The zero-order chi connectivity index (χ0) is 20.4. The van der Waals surface area contributed by atoms with E-state index in [-0.39, 0.29) is 18.9 Å². The quantitative estimate of drug-likeness (QED) is 0.629. The van der Waals surface area contributed by atoms with Gasteiger partial charge in [-0.2, -0.15) is 5.10 Å². The van der Waals surface area contributed by atoms with Crippen LogP contribution in [0.4, 0.5) is 5.69 Å².